The van der Waals surface area contributed by atoms with Crippen molar-refractivity contribution in [3.05, 3.63) is 65.5 Å². The Hall–Kier alpha value is -3.00. The highest BCUT2D eigenvalue weighted by Gasteiger charge is 2.19. The van der Waals surface area contributed by atoms with Gasteiger partial charge in [0.1, 0.15) is 5.75 Å². The van der Waals surface area contributed by atoms with Crippen LogP contribution in [0.15, 0.2) is 48.7 Å². The Morgan fingerprint density at radius 1 is 1.02 bits per heavy atom. The van der Waals surface area contributed by atoms with Crippen molar-refractivity contribution >= 4 is 58.2 Å². The van der Waals surface area contributed by atoms with Crippen molar-refractivity contribution in [2.24, 2.45) is 5.73 Å². The first kappa shape index (κ1) is 31.5. The number of aromatic nitrogens is 2. The summed E-state index contributed by atoms with van der Waals surface area (Å²) in [5.74, 6) is 0.781. The molecule has 2 heterocycles. The van der Waals surface area contributed by atoms with Gasteiger partial charge < -0.3 is 26.1 Å². The third kappa shape index (κ3) is 7.39. The van der Waals surface area contributed by atoms with E-state index in [0.717, 1.165) is 78.2 Å². The second-order valence-electron chi connectivity index (χ2n) is 10.3. The summed E-state index contributed by atoms with van der Waals surface area (Å²) in [5, 5.41) is 9.03. The number of nitrogens with two attached hydrogens (primary N) is 1. The van der Waals surface area contributed by atoms with Crippen molar-refractivity contribution in [2.75, 3.05) is 25.5 Å². The zero-order valence-electron chi connectivity index (χ0n) is 23.1. The maximum absolute atomic E-state index is 12.5. The highest BCUT2D eigenvalue weighted by atomic mass is 35.5. The fourth-order valence-electron chi connectivity index (χ4n) is 5.52. The molecule has 9 heteroatoms. The number of ether oxygens (including phenoxy) is 1. The maximum Gasteiger partial charge on any atom is 0.237 e. The minimum absolute atomic E-state index is 0. The molecule has 0 aliphatic heterocycles. The lowest BCUT2D eigenvalue weighted by molar-refractivity contribution is -0.122. The van der Waals surface area contributed by atoms with Crippen LogP contribution in [0.25, 0.3) is 21.8 Å². The van der Waals surface area contributed by atoms with Crippen LogP contribution in [0.1, 0.15) is 55.3 Å². The summed E-state index contributed by atoms with van der Waals surface area (Å²) in [7, 11) is 1.71. The first-order chi connectivity index (χ1) is 18.6. The third-order valence-corrected chi connectivity index (χ3v) is 7.63. The molecule has 40 heavy (non-hydrogen) atoms. The lowest BCUT2D eigenvalue weighted by Crippen LogP contribution is -2.42. The van der Waals surface area contributed by atoms with Crippen molar-refractivity contribution in [1.29, 1.82) is 0 Å². The summed E-state index contributed by atoms with van der Waals surface area (Å²) in [5.41, 5.74) is 13.2. The summed E-state index contributed by atoms with van der Waals surface area (Å²) >= 11 is 0. The smallest absolute Gasteiger partial charge is 0.237 e. The topological polar surface area (TPSA) is 105 Å². The van der Waals surface area contributed by atoms with E-state index < -0.39 is 6.04 Å². The summed E-state index contributed by atoms with van der Waals surface area (Å²) in [6.45, 7) is 1.58. The molecule has 2 aromatic heterocycles. The number of aromatic amines is 1. The molecule has 0 bridgehead atoms. The highest BCUT2D eigenvalue weighted by Crippen LogP contribution is 2.35. The number of pyridine rings is 1. The average Bonchev–Trinajstić information content (AvgIpc) is 3.36. The molecule has 1 atom stereocenters. The van der Waals surface area contributed by atoms with Crippen molar-refractivity contribution in [2.45, 2.75) is 63.8 Å². The molecule has 0 saturated carbocycles. The van der Waals surface area contributed by atoms with Crippen LogP contribution < -0.4 is 21.1 Å². The first-order valence-electron chi connectivity index (χ1n) is 14.0. The number of halogens is 2. The number of H-pyrrole nitrogens is 1. The zero-order chi connectivity index (χ0) is 26.3. The number of carbonyl (C=O) groups excluding carboxylic acids is 1. The minimum Gasteiger partial charge on any atom is -0.497 e. The van der Waals surface area contributed by atoms with Gasteiger partial charge in [-0.2, -0.15) is 0 Å². The van der Waals surface area contributed by atoms with Crippen LogP contribution in [0.5, 0.6) is 5.75 Å². The molecule has 5 rings (SSSR count). The fraction of sp³-hybridized carbons (Fsp3) is 0.419. The van der Waals surface area contributed by atoms with Gasteiger partial charge in [-0.25, -0.2) is 0 Å². The molecule has 7 nitrogen and oxygen atoms in total. The predicted molar refractivity (Wildman–Crippen MR) is 169 cm³/mol. The van der Waals surface area contributed by atoms with E-state index >= 15 is 0 Å². The molecule has 1 amide bonds. The molecule has 0 spiro atoms. The number of methoxy groups -OCH3 is 1. The third-order valence-electron chi connectivity index (χ3n) is 7.63. The monoisotopic (exact) mass is 585 g/mol. The van der Waals surface area contributed by atoms with E-state index in [4.69, 9.17) is 15.5 Å². The van der Waals surface area contributed by atoms with Gasteiger partial charge in [0.2, 0.25) is 5.91 Å². The highest BCUT2D eigenvalue weighted by molar-refractivity contribution is 5.94. The molecule has 5 N–H and O–H groups in total. The van der Waals surface area contributed by atoms with Crippen LogP contribution in [-0.2, 0) is 24.1 Å². The molecule has 1 aliphatic carbocycles. The molecular weight excluding hydrogens is 545 g/mol. The number of unbranched alkanes of at least 4 members (excludes halogenated alkanes) is 3. The molecule has 0 saturated heterocycles. The van der Waals surface area contributed by atoms with E-state index in [2.05, 4.69) is 33.8 Å². The fourth-order valence-corrected chi connectivity index (χ4v) is 5.52. The van der Waals surface area contributed by atoms with Gasteiger partial charge in [0.25, 0.3) is 0 Å². The Kier molecular flexibility index (Phi) is 11.9. The first-order valence-corrected chi connectivity index (χ1v) is 14.0. The van der Waals surface area contributed by atoms with Crippen LogP contribution in [0, 0.1) is 0 Å². The Balaban J connectivity index is 0.00000220. The van der Waals surface area contributed by atoms with Gasteiger partial charge in [-0.1, -0.05) is 31.0 Å². The van der Waals surface area contributed by atoms with Crippen LogP contribution in [0.4, 0.5) is 5.69 Å². The lowest BCUT2D eigenvalue weighted by Gasteiger charge is -2.22. The Labute approximate surface area is 248 Å². The zero-order valence-corrected chi connectivity index (χ0v) is 24.8. The molecule has 216 valence electrons. The SMILES string of the molecule is COc1ccc2nc3c(c(NCCCCCCNC(=O)[C@@H](N)Cc4c[nH]c5ccccc45)c2c1)CCCC3.Cl.Cl. The van der Waals surface area contributed by atoms with Crippen molar-refractivity contribution in [1.82, 2.24) is 15.3 Å². The number of amides is 1. The Morgan fingerprint density at radius 3 is 2.62 bits per heavy atom. The summed E-state index contributed by atoms with van der Waals surface area (Å²) in [4.78, 5) is 20.7. The van der Waals surface area contributed by atoms with E-state index in [1.165, 1.54) is 29.8 Å². The van der Waals surface area contributed by atoms with Crippen LogP contribution in [0.2, 0.25) is 0 Å². The van der Waals surface area contributed by atoms with Crippen LogP contribution >= 0.6 is 24.8 Å². The minimum atomic E-state index is -0.543. The van der Waals surface area contributed by atoms with E-state index in [-0.39, 0.29) is 30.7 Å². The standard InChI is InChI=1S/C31H39N5O2.2ClH/c1-38-22-14-15-29-25(19-22)30(24-11-5-7-13-28(24)36-29)33-16-8-2-3-9-17-34-31(37)26(32)18-21-20-35-27-12-6-4-10-23(21)27;;/h4,6,10,12,14-15,19-20,26,35H,2-3,5,7-9,11,13,16-18,32H2,1H3,(H,33,36)(H,34,37);2*1H/t26-;;/m0../s1. The number of nitrogens with one attached hydrogen (secondary N) is 3. The van der Waals surface area contributed by atoms with Crippen molar-refractivity contribution < 1.29 is 9.53 Å². The number of hydrogen-bond acceptors (Lipinski definition) is 5. The molecule has 1 aliphatic rings. The van der Waals surface area contributed by atoms with E-state index in [9.17, 15) is 4.79 Å². The van der Waals surface area contributed by atoms with Gasteiger partial charge in [0, 0.05) is 47.0 Å². The largest absolute Gasteiger partial charge is 0.497 e. The maximum atomic E-state index is 12.5. The van der Waals surface area contributed by atoms with Gasteiger partial charge in [-0.3, -0.25) is 9.78 Å². The van der Waals surface area contributed by atoms with Gasteiger partial charge in [-0.15, -0.1) is 24.8 Å². The quantitative estimate of drug-likeness (QED) is 0.150. The van der Waals surface area contributed by atoms with E-state index in [1.54, 1.807) is 7.11 Å². The number of para-hydroxylation sites is 1. The molecule has 0 radical (unpaired) electrons. The Morgan fingerprint density at radius 2 is 1.80 bits per heavy atom. The number of benzene rings is 2. The number of rotatable bonds is 12. The van der Waals surface area contributed by atoms with Crippen LogP contribution in [-0.4, -0.2) is 42.1 Å². The number of aryl methyl sites for hydroxylation is 1. The second-order valence-corrected chi connectivity index (χ2v) is 10.3. The number of nitrogens with zero attached hydrogens (tertiary/aromatic N) is 1. The van der Waals surface area contributed by atoms with E-state index in [1.807, 2.05) is 30.5 Å². The number of carbonyl (C=O) groups is 1. The number of hydrogen-bond donors (Lipinski definition) is 4. The number of fused-ring (bicyclic) bond motifs is 3. The molecule has 0 fully saturated rings. The van der Waals surface area contributed by atoms with Gasteiger partial charge in [0.05, 0.1) is 18.7 Å². The van der Waals surface area contributed by atoms with Crippen molar-refractivity contribution in [3.8, 4) is 5.75 Å². The Bertz CT molecular complexity index is 1410. The van der Waals surface area contributed by atoms with Crippen LogP contribution in [0.3, 0.4) is 0 Å². The van der Waals surface area contributed by atoms with E-state index in [0.29, 0.717) is 13.0 Å². The average molecular weight is 587 g/mol. The normalized spacial score (nSPS) is 13.2. The van der Waals surface area contributed by atoms with Gasteiger partial charge >= 0.3 is 0 Å². The summed E-state index contributed by atoms with van der Waals surface area (Å²) < 4.78 is 5.48. The molecule has 4 aromatic rings. The number of anilines is 1. The molecular formula is C31H41Cl2N5O2. The molecule has 2 aromatic carbocycles. The van der Waals surface area contributed by atoms with Crippen molar-refractivity contribution in [3.63, 3.8) is 0 Å². The van der Waals surface area contributed by atoms with Gasteiger partial charge in [0.15, 0.2) is 0 Å². The summed E-state index contributed by atoms with van der Waals surface area (Å²) in [6, 6.07) is 13.7. The summed E-state index contributed by atoms with van der Waals surface area (Å²) in [6.07, 6.45) is 11.3. The second kappa shape index (κ2) is 15.1. The molecule has 0 unspecified atom stereocenters. The predicted octanol–water partition coefficient (Wildman–Crippen LogP) is 6.11. The lowest BCUT2D eigenvalue weighted by atomic mass is 9.92. The van der Waals surface area contributed by atoms with Gasteiger partial charge in [-0.05, 0) is 80.3 Å².